The molecule has 25 heavy (non-hydrogen) atoms. The highest BCUT2D eigenvalue weighted by Gasteiger charge is 2.37. The molecule has 2 aliphatic heterocycles. The SMILES string of the molecule is C[C@@H]1CC[C@@H](C(=O)N2CCN(CCO[Si](C)(C)C(C)(C)C)[C@H](C)C2)N1. The highest BCUT2D eigenvalue weighted by molar-refractivity contribution is 6.74. The molecule has 2 saturated heterocycles. The monoisotopic (exact) mass is 369 g/mol. The Bertz CT molecular complexity index is 464. The van der Waals surface area contributed by atoms with E-state index in [0.717, 1.165) is 45.6 Å². The third-order valence-corrected chi connectivity index (χ3v) is 10.9. The number of rotatable bonds is 5. The van der Waals surface area contributed by atoms with Crippen LogP contribution in [0.3, 0.4) is 0 Å². The van der Waals surface area contributed by atoms with Crippen LogP contribution in [-0.2, 0) is 9.22 Å². The van der Waals surface area contributed by atoms with Crippen molar-refractivity contribution in [1.82, 2.24) is 15.1 Å². The molecule has 0 aromatic heterocycles. The van der Waals surface area contributed by atoms with Crippen LogP contribution in [0.5, 0.6) is 0 Å². The lowest BCUT2D eigenvalue weighted by Crippen LogP contribution is -2.57. The molecule has 0 bridgehead atoms. The van der Waals surface area contributed by atoms with Crippen LogP contribution in [0.25, 0.3) is 0 Å². The minimum atomic E-state index is -1.67. The molecule has 2 aliphatic rings. The first-order chi connectivity index (χ1) is 11.5. The summed E-state index contributed by atoms with van der Waals surface area (Å²) >= 11 is 0. The van der Waals surface area contributed by atoms with E-state index in [-0.39, 0.29) is 11.1 Å². The van der Waals surface area contributed by atoms with Crippen LogP contribution in [-0.4, -0.2) is 74.9 Å². The molecule has 1 amide bonds. The van der Waals surface area contributed by atoms with Gasteiger partial charge in [0.2, 0.25) is 5.91 Å². The van der Waals surface area contributed by atoms with Gasteiger partial charge in [-0.05, 0) is 44.8 Å². The maximum atomic E-state index is 12.7. The Labute approximate surface area is 155 Å². The second kappa shape index (κ2) is 8.07. The molecule has 6 heteroatoms. The van der Waals surface area contributed by atoms with Gasteiger partial charge in [-0.25, -0.2) is 0 Å². The predicted molar refractivity (Wildman–Crippen MR) is 106 cm³/mol. The summed E-state index contributed by atoms with van der Waals surface area (Å²) in [5.41, 5.74) is 0. The van der Waals surface area contributed by atoms with E-state index in [1.54, 1.807) is 0 Å². The van der Waals surface area contributed by atoms with Crippen LogP contribution >= 0.6 is 0 Å². The molecule has 0 aromatic carbocycles. The van der Waals surface area contributed by atoms with E-state index in [1.165, 1.54) is 0 Å². The zero-order chi connectivity index (χ0) is 18.8. The molecule has 2 heterocycles. The van der Waals surface area contributed by atoms with Crippen molar-refractivity contribution in [2.45, 2.75) is 83.7 Å². The second-order valence-corrected chi connectivity index (χ2v) is 14.3. The highest BCUT2D eigenvalue weighted by Crippen LogP contribution is 2.36. The Morgan fingerprint density at radius 1 is 1.20 bits per heavy atom. The molecule has 5 nitrogen and oxygen atoms in total. The molecule has 0 unspecified atom stereocenters. The van der Waals surface area contributed by atoms with E-state index >= 15 is 0 Å². The lowest BCUT2D eigenvalue weighted by Gasteiger charge is -2.42. The predicted octanol–water partition coefficient (Wildman–Crippen LogP) is 2.68. The second-order valence-electron chi connectivity index (χ2n) is 9.48. The minimum Gasteiger partial charge on any atom is -0.416 e. The quantitative estimate of drug-likeness (QED) is 0.757. The molecular formula is C19H39N3O2Si. The van der Waals surface area contributed by atoms with Crippen molar-refractivity contribution >= 4 is 14.2 Å². The number of piperazine rings is 1. The number of carbonyl (C=O) groups is 1. The summed E-state index contributed by atoms with van der Waals surface area (Å²) in [6.45, 7) is 20.3. The summed E-state index contributed by atoms with van der Waals surface area (Å²) in [5, 5.41) is 3.68. The number of hydrogen-bond acceptors (Lipinski definition) is 4. The van der Waals surface area contributed by atoms with Crippen LogP contribution in [0.1, 0.15) is 47.5 Å². The Morgan fingerprint density at radius 3 is 2.40 bits per heavy atom. The molecular weight excluding hydrogens is 330 g/mol. The van der Waals surface area contributed by atoms with Gasteiger partial charge in [-0.1, -0.05) is 20.8 Å². The van der Waals surface area contributed by atoms with Crippen molar-refractivity contribution in [3.63, 3.8) is 0 Å². The van der Waals surface area contributed by atoms with Gasteiger partial charge in [0.15, 0.2) is 8.32 Å². The van der Waals surface area contributed by atoms with Gasteiger partial charge < -0.3 is 14.6 Å². The number of nitrogens with one attached hydrogen (secondary N) is 1. The highest BCUT2D eigenvalue weighted by atomic mass is 28.4. The fourth-order valence-electron chi connectivity index (χ4n) is 3.50. The lowest BCUT2D eigenvalue weighted by molar-refractivity contribution is -0.136. The van der Waals surface area contributed by atoms with E-state index < -0.39 is 8.32 Å². The van der Waals surface area contributed by atoms with Gasteiger partial charge in [-0.2, -0.15) is 0 Å². The maximum absolute atomic E-state index is 12.7. The lowest BCUT2D eigenvalue weighted by atomic mass is 10.1. The molecule has 2 rings (SSSR count). The fourth-order valence-corrected chi connectivity index (χ4v) is 4.54. The molecule has 0 aromatic rings. The number of amides is 1. The average Bonchev–Trinajstić information content (AvgIpc) is 2.93. The van der Waals surface area contributed by atoms with Crippen molar-refractivity contribution in [3.8, 4) is 0 Å². The summed E-state index contributed by atoms with van der Waals surface area (Å²) in [4.78, 5) is 17.2. The van der Waals surface area contributed by atoms with Gasteiger partial charge in [0.25, 0.3) is 0 Å². The van der Waals surface area contributed by atoms with E-state index in [0.29, 0.717) is 18.0 Å². The first-order valence-electron chi connectivity index (χ1n) is 9.94. The summed E-state index contributed by atoms with van der Waals surface area (Å²) in [6.07, 6.45) is 2.09. The fraction of sp³-hybridized carbons (Fsp3) is 0.947. The van der Waals surface area contributed by atoms with Gasteiger partial charge in [-0.15, -0.1) is 0 Å². The first-order valence-corrected chi connectivity index (χ1v) is 12.8. The van der Waals surface area contributed by atoms with Crippen molar-refractivity contribution in [1.29, 1.82) is 0 Å². The third-order valence-electron chi connectivity index (χ3n) is 6.40. The largest absolute Gasteiger partial charge is 0.416 e. The molecule has 0 radical (unpaired) electrons. The van der Waals surface area contributed by atoms with Crippen molar-refractivity contribution in [3.05, 3.63) is 0 Å². The van der Waals surface area contributed by atoms with Crippen molar-refractivity contribution < 1.29 is 9.22 Å². The minimum absolute atomic E-state index is 0.0377. The molecule has 2 fully saturated rings. The standard InChI is InChI=1S/C19H39N3O2Si/c1-15-8-9-17(20-15)18(23)22-11-10-21(16(2)14-22)12-13-24-25(6,7)19(3,4)5/h15-17,20H,8-14H2,1-7H3/t15-,16-,17+/m1/s1. The summed E-state index contributed by atoms with van der Waals surface area (Å²) in [6, 6.07) is 0.912. The van der Waals surface area contributed by atoms with Crippen LogP contribution in [0.15, 0.2) is 0 Å². The molecule has 3 atom stereocenters. The van der Waals surface area contributed by atoms with Crippen LogP contribution in [0.2, 0.25) is 18.1 Å². The van der Waals surface area contributed by atoms with Crippen LogP contribution in [0.4, 0.5) is 0 Å². The molecule has 0 saturated carbocycles. The smallest absolute Gasteiger partial charge is 0.239 e. The van der Waals surface area contributed by atoms with Gasteiger partial charge in [0.05, 0.1) is 6.04 Å². The molecule has 0 aliphatic carbocycles. The zero-order valence-corrected chi connectivity index (χ0v) is 18.4. The van der Waals surface area contributed by atoms with Crippen molar-refractivity contribution in [2.75, 3.05) is 32.8 Å². The van der Waals surface area contributed by atoms with Crippen LogP contribution < -0.4 is 5.32 Å². The third kappa shape index (κ3) is 5.28. The van der Waals surface area contributed by atoms with Gasteiger partial charge in [0, 0.05) is 44.9 Å². The maximum Gasteiger partial charge on any atom is 0.239 e. The Kier molecular flexibility index (Phi) is 6.74. The molecule has 146 valence electrons. The number of hydrogen-bond donors (Lipinski definition) is 1. The van der Waals surface area contributed by atoms with E-state index in [4.69, 9.17) is 4.43 Å². The van der Waals surface area contributed by atoms with E-state index in [1.807, 2.05) is 0 Å². The number of nitrogens with zero attached hydrogens (tertiary/aromatic N) is 2. The van der Waals surface area contributed by atoms with Gasteiger partial charge in [-0.3, -0.25) is 9.69 Å². The molecule has 1 N–H and O–H groups in total. The summed E-state index contributed by atoms with van der Waals surface area (Å²) in [5.74, 6) is 0.299. The summed E-state index contributed by atoms with van der Waals surface area (Å²) in [7, 11) is -1.67. The average molecular weight is 370 g/mol. The topological polar surface area (TPSA) is 44.8 Å². The zero-order valence-electron chi connectivity index (χ0n) is 17.4. The number of carbonyl (C=O) groups excluding carboxylic acids is 1. The van der Waals surface area contributed by atoms with Crippen LogP contribution in [0, 0.1) is 0 Å². The van der Waals surface area contributed by atoms with E-state index in [9.17, 15) is 4.79 Å². The van der Waals surface area contributed by atoms with Gasteiger partial charge in [0.1, 0.15) is 0 Å². The Hall–Kier alpha value is -0.433. The van der Waals surface area contributed by atoms with Crippen molar-refractivity contribution in [2.24, 2.45) is 0 Å². The molecule has 0 spiro atoms. The Balaban J connectivity index is 1.77. The first kappa shape index (κ1) is 20.9. The Morgan fingerprint density at radius 2 is 1.88 bits per heavy atom. The normalized spacial score (nSPS) is 29.2. The van der Waals surface area contributed by atoms with E-state index in [2.05, 4.69) is 62.8 Å². The summed E-state index contributed by atoms with van der Waals surface area (Å²) < 4.78 is 6.32. The van der Waals surface area contributed by atoms with Gasteiger partial charge >= 0.3 is 0 Å².